The van der Waals surface area contributed by atoms with Crippen molar-refractivity contribution >= 4 is 33.8 Å². The molecule has 3 fully saturated rings. The molecule has 4 amide bonds. The van der Waals surface area contributed by atoms with Gasteiger partial charge in [-0.2, -0.15) is 0 Å². The van der Waals surface area contributed by atoms with Crippen molar-refractivity contribution in [2.24, 2.45) is 11.8 Å². The van der Waals surface area contributed by atoms with Crippen LogP contribution in [-0.2, 0) is 29.1 Å². The number of rotatable bonds is 9. The van der Waals surface area contributed by atoms with E-state index in [1.807, 2.05) is 25.2 Å². The van der Waals surface area contributed by atoms with E-state index in [1.165, 1.54) is 11.0 Å². The summed E-state index contributed by atoms with van der Waals surface area (Å²) in [7, 11) is -3.86. The number of alkyl carbamates (subject to hydrolysis) is 1. The summed E-state index contributed by atoms with van der Waals surface area (Å²) in [6.45, 7) is 10.0. The summed E-state index contributed by atoms with van der Waals surface area (Å²) in [4.78, 5) is 53.6. The Balaban J connectivity index is 1.53. The largest absolute Gasteiger partial charge is 0.444 e. The van der Waals surface area contributed by atoms with Crippen molar-refractivity contribution in [2.75, 3.05) is 13.1 Å². The zero-order valence-corrected chi connectivity index (χ0v) is 24.8. The Morgan fingerprint density at radius 2 is 1.90 bits per heavy atom. The molecule has 5 atom stereocenters. The molecule has 3 aliphatic carbocycles. The highest BCUT2D eigenvalue weighted by Crippen LogP contribution is 2.46. The molecule has 1 aliphatic heterocycles. The van der Waals surface area contributed by atoms with Crippen LogP contribution in [0, 0.1) is 11.8 Å². The highest BCUT2D eigenvalue weighted by Gasteiger charge is 2.62. The van der Waals surface area contributed by atoms with Gasteiger partial charge in [0.05, 0.1) is 17.4 Å². The molecule has 1 saturated heterocycles. The summed E-state index contributed by atoms with van der Waals surface area (Å²) >= 11 is 0. The van der Waals surface area contributed by atoms with Crippen molar-refractivity contribution < 1.29 is 37.4 Å². The molecule has 1 heterocycles. The minimum Gasteiger partial charge on any atom is -0.444 e. The van der Waals surface area contributed by atoms with E-state index in [9.17, 15) is 32.7 Å². The number of nitrogens with one attached hydrogen (secondary N) is 3. The topological polar surface area (TPSA) is 171 Å². The lowest BCUT2D eigenvalue weighted by atomic mass is 9.79. The fourth-order valence-electron chi connectivity index (χ4n) is 5.47. The first-order valence-electron chi connectivity index (χ1n) is 13.8. The predicted molar refractivity (Wildman–Crippen MR) is 150 cm³/mol. The van der Waals surface area contributed by atoms with Crippen LogP contribution >= 0.6 is 0 Å². The average molecular weight is 593 g/mol. The van der Waals surface area contributed by atoms with Crippen molar-refractivity contribution in [3.8, 4) is 0 Å². The van der Waals surface area contributed by atoms with Crippen LogP contribution in [0.25, 0.3) is 0 Å². The third-order valence-electron chi connectivity index (χ3n) is 7.98. The van der Waals surface area contributed by atoms with Crippen molar-refractivity contribution in [2.45, 2.75) is 87.8 Å². The van der Waals surface area contributed by atoms with E-state index in [-0.39, 0.29) is 25.3 Å². The lowest BCUT2D eigenvalue weighted by Gasteiger charge is -2.32. The fraction of sp³-hybridized carbons (Fsp3) is 0.643. The fourth-order valence-corrected chi connectivity index (χ4v) is 6.83. The van der Waals surface area contributed by atoms with Gasteiger partial charge in [0.2, 0.25) is 21.8 Å². The van der Waals surface area contributed by atoms with E-state index < -0.39 is 74.3 Å². The standard InChI is InChI=1S/C28H40N4O8S/c1-6-18-13-28(18,24(35)31-41(38,39)20-10-11-20)30-23(34)21-14-27(37,19-9-7-8-17(2)12-19)16-32(21)22(33)15-29-25(36)40-26(3,4)5/h6-9,18-21,37H,1,10-16H2,2-5H3,(H,29,36)(H,30,34)(H,31,35)/t18-,19?,21+,27+,28-/m1/s1. The minimum atomic E-state index is -3.86. The summed E-state index contributed by atoms with van der Waals surface area (Å²) in [6.07, 6.45) is 7.74. The molecule has 0 aromatic heterocycles. The van der Waals surface area contributed by atoms with Gasteiger partial charge in [-0.15, -0.1) is 6.58 Å². The highest BCUT2D eigenvalue weighted by molar-refractivity contribution is 7.91. The molecule has 0 aromatic carbocycles. The van der Waals surface area contributed by atoms with E-state index >= 15 is 0 Å². The number of β-amino-alcohol motifs (C(OH)–C–C–N with tert-alkyl or cyclic N) is 1. The van der Waals surface area contributed by atoms with E-state index in [0.29, 0.717) is 19.3 Å². The summed E-state index contributed by atoms with van der Waals surface area (Å²) < 4.78 is 32.2. The molecular weight excluding hydrogens is 552 g/mol. The highest BCUT2D eigenvalue weighted by atomic mass is 32.2. The third-order valence-corrected chi connectivity index (χ3v) is 9.80. The van der Waals surface area contributed by atoms with Gasteiger partial charge in [0.1, 0.15) is 23.7 Å². The Labute approximate surface area is 240 Å². The van der Waals surface area contributed by atoms with E-state index in [1.54, 1.807) is 20.8 Å². The first-order chi connectivity index (χ1) is 19.0. The van der Waals surface area contributed by atoms with Gasteiger partial charge in [0.15, 0.2) is 0 Å². The molecule has 4 rings (SSSR count). The number of aliphatic hydroxyl groups is 1. The maximum Gasteiger partial charge on any atom is 0.408 e. The van der Waals surface area contributed by atoms with Crippen LogP contribution in [0.2, 0.25) is 0 Å². The van der Waals surface area contributed by atoms with Gasteiger partial charge < -0.3 is 25.4 Å². The Morgan fingerprint density at radius 3 is 2.46 bits per heavy atom. The quantitative estimate of drug-likeness (QED) is 0.288. The van der Waals surface area contributed by atoms with Crippen molar-refractivity contribution in [3.05, 3.63) is 36.5 Å². The summed E-state index contributed by atoms with van der Waals surface area (Å²) in [6, 6.07) is -1.18. The molecule has 12 nitrogen and oxygen atoms in total. The van der Waals surface area contributed by atoms with Gasteiger partial charge in [0, 0.05) is 18.3 Å². The molecule has 13 heteroatoms. The molecule has 4 N–H and O–H groups in total. The number of likely N-dealkylation sites (tertiary alicyclic amines) is 1. The van der Waals surface area contributed by atoms with Crippen LogP contribution in [0.1, 0.15) is 59.8 Å². The monoisotopic (exact) mass is 592 g/mol. The Kier molecular flexibility index (Phi) is 8.18. The number of carbonyl (C=O) groups excluding carboxylic acids is 4. The SMILES string of the molecule is C=C[C@@H]1C[C@]1(NC(=O)[C@@H]1C[C@@](O)(C2C=CC=C(C)C2)CN1C(=O)CNC(=O)OC(C)(C)C)C(=O)NS(=O)(=O)C1CC1. The molecule has 41 heavy (non-hydrogen) atoms. The Bertz CT molecular complexity index is 1300. The molecule has 226 valence electrons. The maximum absolute atomic E-state index is 13.7. The number of amides is 4. The molecule has 1 unspecified atom stereocenters. The van der Waals surface area contributed by atoms with E-state index in [0.717, 1.165) is 5.57 Å². The number of ether oxygens (including phenoxy) is 1. The van der Waals surface area contributed by atoms with Gasteiger partial charge in [-0.3, -0.25) is 19.1 Å². The summed E-state index contributed by atoms with van der Waals surface area (Å²) in [5.41, 5.74) is -2.74. The molecule has 0 bridgehead atoms. The second kappa shape index (κ2) is 10.9. The second-order valence-corrected chi connectivity index (χ2v) is 14.6. The van der Waals surface area contributed by atoms with Crippen LogP contribution < -0.4 is 15.4 Å². The predicted octanol–water partition coefficient (Wildman–Crippen LogP) is 1.03. The van der Waals surface area contributed by atoms with Gasteiger partial charge in [-0.05, 0) is 53.4 Å². The maximum atomic E-state index is 13.7. The van der Waals surface area contributed by atoms with Crippen LogP contribution in [0.15, 0.2) is 36.5 Å². The lowest BCUT2D eigenvalue weighted by Crippen LogP contribution is -2.57. The molecular formula is C28H40N4O8S. The smallest absolute Gasteiger partial charge is 0.408 e. The van der Waals surface area contributed by atoms with Crippen molar-refractivity contribution in [1.29, 1.82) is 0 Å². The summed E-state index contributed by atoms with van der Waals surface area (Å²) in [5.74, 6) is -3.06. The van der Waals surface area contributed by atoms with Gasteiger partial charge in [-0.1, -0.05) is 29.9 Å². The molecule has 0 spiro atoms. The molecule has 2 saturated carbocycles. The number of hydrogen-bond donors (Lipinski definition) is 4. The van der Waals surface area contributed by atoms with Gasteiger partial charge in [-0.25, -0.2) is 13.2 Å². The van der Waals surface area contributed by atoms with Gasteiger partial charge >= 0.3 is 6.09 Å². The second-order valence-electron chi connectivity index (χ2n) is 12.6. The van der Waals surface area contributed by atoms with Crippen LogP contribution in [0.4, 0.5) is 4.79 Å². The normalized spacial score (nSPS) is 31.1. The third kappa shape index (κ3) is 6.83. The average Bonchev–Trinajstić information content (AvgIpc) is 3.79. The minimum absolute atomic E-state index is 0.115. The number of carbonyl (C=O) groups is 4. The van der Waals surface area contributed by atoms with E-state index in [2.05, 4.69) is 21.9 Å². The Morgan fingerprint density at radius 1 is 1.22 bits per heavy atom. The van der Waals surface area contributed by atoms with Crippen molar-refractivity contribution in [3.63, 3.8) is 0 Å². The van der Waals surface area contributed by atoms with Crippen LogP contribution in [-0.4, -0.2) is 83.4 Å². The first kappa shape index (κ1) is 30.8. The van der Waals surface area contributed by atoms with Crippen molar-refractivity contribution in [1.82, 2.24) is 20.3 Å². The zero-order chi connectivity index (χ0) is 30.4. The molecule has 4 aliphatic rings. The number of allylic oxidation sites excluding steroid dienone is 3. The Hall–Kier alpha value is -3.19. The molecule has 0 aromatic rings. The number of sulfonamides is 1. The molecule has 0 radical (unpaired) electrons. The number of nitrogens with zero attached hydrogens (tertiary/aromatic N) is 1. The van der Waals surface area contributed by atoms with Gasteiger partial charge in [0.25, 0.3) is 5.91 Å². The van der Waals surface area contributed by atoms with Crippen LogP contribution in [0.3, 0.4) is 0 Å². The lowest BCUT2D eigenvalue weighted by molar-refractivity contribution is -0.139. The summed E-state index contributed by atoms with van der Waals surface area (Å²) in [5, 5.41) is 16.2. The zero-order valence-electron chi connectivity index (χ0n) is 23.9. The van der Waals surface area contributed by atoms with Crippen LogP contribution in [0.5, 0.6) is 0 Å². The van der Waals surface area contributed by atoms with E-state index in [4.69, 9.17) is 4.74 Å². The number of hydrogen-bond acceptors (Lipinski definition) is 8. The first-order valence-corrected chi connectivity index (χ1v) is 15.4.